The molecule has 172 valence electrons. The highest BCUT2D eigenvalue weighted by Gasteiger charge is 2.23. The number of benzene rings is 3. The first-order valence-electron chi connectivity index (χ1n) is 9.87. The molecular formula is C24H21Cl2NO6. The molecule has 0 heterocycles. The predicted molar refractivity (Wildman–Crippen MR) is 125 cm³/mol. The van der Waals surface area contributed by atoms with E-state index in [4.69, 9.17) is 37.4 Å². The minimum absolute atomic E-state index is 0.197. The first kappa shape index (κ1) is 24.4. The number of hydrogen-bond acceptors (Lipinski definition) is 6. The van der Waals surface area contributed by atoms with Gasteiger partial charge in [-0.25, -0.2) is 9.59 Å². The zero-order valence-corrected chi connectivity index (χ0v) is 19.4. The molecule has 1 unspecified atom stereocenters. The lowest BCUT2D eigenvalue weighted by Crippen LogP contribution is -2.44. The van der Waals surface area contributed by atoms with Gasteiger partial charge in [0.15, 0.2) is 6.61 Å². The Bertz CT molecular complexity index is 1180. The lowest BCUT2D eigenvalue weighted by molar-refractivity contribution is -0.145. The molecule has 3 aromatic carbocycles. The Morgan fingerprint density at radius 2 is 1.70 bits per heavy atom. The fourth-order valence-corrected chi connectivity index (χ4v) is 3.91. The number of nitrogens with one attached hydrogen (secondary N) is 1. The third-order valence-electron chi connectivity index (χ3n) is 4.81. The summed E-state index contributed by atoms with van der Waals surface area (Å²) < 4.78 is 15.3. The van der Waals surface area contributed by atoms with Crippen molar-refractivity contribution in [1.29, 1.82) is 0 Å². The summed E-state index contributed by atoms with van der Waals surface area (Å²) in [6.45, 7) is -0.430. The summed E-state index contributed by atoms with van der Waals surface area (Å²) in [4.78, 5) is 36.8. The van der Waals surface area contributed by atoms with E-state index in [1.807, 2.05) is 30.3 Å². The van der Waals surface area contributed by atoms with Gasteiger partial charge >= 0.3 is 11.9 Å². The van der Waals surface area contributed by atoms with Crippen molar-refractivity contribution in [3.63, 3.8) is 0 Å². The standard InChI is InChI=1S/C24H21Cl2NO6/c1-31-23(29)16-9-15-10-17(25)12-18(26)22(15)20(11-16)33-13-21(28)27-19(24(30)32-2)8-14-6-4-3-5-7-14/h3-7,9-12,19H,8,13H2,1-2H3,(H,27,28). The zero-order chi connectivity index (χ0) is 24.0. The van der Waals surface area contributed by atoms with Gasteiger partial charge in [-0.05, 0) is 35.2 Å². The van der Waals surface area contributed by atoms with Crippen molar-refractivity contribution in [2.45, 2.75) is 12.5 Å². The SMILES string of the molecule is COC(=O)c1cc(OCC(=O)NC(Cc2ccccc2)C(=O)OC)c2c(Cl)cc(Cl)cc2c1. The molecule has 0 fully saturated rings. The van der Waals surface area contributed by atoms with Gasteiger partial charge in [0.05, 0.1) is 24.8 Å². The minimum Gasteiger partial charge on any atom is -0.483 e. The van der Waals surface area contributed by atoms with Gasteiger partial charge in [-0.3, -0.25) is 4.79 Å². The number of carbonyl (C=O) groups excluding carboxylic acids is 3. The molecule has 0 saturated carbocycles. The Kier molecular flexibility index (Phi) is 8.14. The summed E-state index contributed by atoms with van der Waals surface area (Å²) in [5.74, 6) is -1.52. The highest BCUT2D eigenvalue weighted by atomic mass is 35.5. The van der Waals surface area contributed by atoms with Crippen LogP contribution in [-0.4, -0.2) is 44.7 Å². The van der Waals surface area contributed by atoms with Crippen molar-refractivity contribution in [2.24, 2.45) is 0 Å². The Hall–Kier alpha value is -3.29. The highest BCUT2D eigenvalue weighted by molar-refractivity contribution is 6.39. The fraction of sp³-hybridized carbons (Fsp3) is 0.208. The molecule has 0 bridgehead atoms. The molecule has 0 aromatic heterocycles. The minimum atomic E-state index is -0.894. The van der Waals surface area contributed by atoms with Crippen LogP contribution in [0.5, 0.6) is 5.75 Å². The van der Waals surface area contributed by atoms with Gasteiger partial charge in [-0.1, -0.05) is 53.5 Å². The molecule has 0 saturated heterocycles. The molecule has 1 amide bonds. The van der Waals surface area contributed by atoms with Crippen LogP contribution in [0.25, 0.3) is 10.8 Å². The summed E-state index contributed by atoms with van der Waals surface area (Å²) in [6.07, 6.45) is 0.254. The molecule has 3 aromatic rings. The van der Waals surface area contributed by atoms with E-state index in [1.54, 1.807) is 12.1 Å². The maximum atomic E-state index is 12.6. The molecule has 1 N–H and O–H groups in total. The fourth-order valence-electron chi connectivity index (χ4n) is 3.30. The van der Waals surface area contributed by atoms with Crippen LogP contribution in [-0.2, 0) is 25.5 Å². The number of amides is 1. The lowest BCUT2D eigenvalue weighted by Gasteiger charge is -2.17. The third-order valence-corrected chi connectivity index (χ3v) is 5.33. The summed E-state index contributed by atoms with van der Waals surface area (Å²) in [6, 6.07) is 14.5. The van der Waals surface area contributed by atoms with E-state index in [0.29, 0.717) is 20.8 Å². The molecule has 3 rings (SSSR count). The largest absolute Gasteiger partial charge is 0.483 e. The number of carbonyl (C=O) groups is 3. The highest BCUT2D eigenvalue weighted by Crippen LogP contribution is 2.36. The molecule has 1 atom stereocenters. The van der Waals surface area contributed by atoms with Crippen LogP contribution >= 0.6 is 23.2 Å². The maximum absolute atomic E-state index is 12.6. The smallest absolute Gasteiger partial charge is 0.338 e. The van der Waals surface area contributed by atoms with E-state index in [-0.39, 0.29) is 17.7 Å². The van der Waals surface area contributed by atoms with Crippen molar-refractivity contribution in [3.05, 3.63) is 75.8 Å². The topological polar surface area (TPSA) is 90.9 Å². The van der Waals surface area contributed by atoms with Gasteiger partial charge in [0, 0.05) is 16.8 Å². The number of fused-ring (bicyclic) bond motifs is 1. The summed E-state index contributed by atoms with van der Waals surface area (Å²) in [7, 11) is 2.51. The quantitative estimate of drug-likeness (QED) is 0.476. The van der Waals surface area contributed by atoms with E-state index in [1.165, 1.54) is 26.4 Å². The van der Waals surface area contributed by atoms with Crippen molar-refractivity contribution in [3.8, 4) is 5.75 Å². The third kappa shape index (κ3) is 6.15. The number of rotatable bonds is 8. The Labute approximate surface area is 200 Å². The van der Waals surface area contributed by atoms with Gasteiger partial charge in [0.2, 0.25) is 0 Å². The second-order valence-corrected chi connectivity index (χ2v) is 7.92. The molecule has 7 nitrogen and oxygen atoms in total. The zero-order valence-electron chi connectivity index (χ0n) is 17.9. The van der Waals surface area contributed by atoms with Crippen molar-refractivity contribution >= 4 is 51.8 Å². The van der Waals surface area contributed by atoms with Crippen LogP contribution in [0, 0.1) is 0 Å². The first-order chi connectivity index (χ1) is 15.8. The average molecular weight is 490 g/mol. The van der Waals surface area contributed by atoms with Crippen LogP contribution in [0.3, 0.4) is 0 Å². The van der Waals surface area contributed by atoms with E-state index in [0.717, 1.165) is 5.56 Å². The van der Waals surface area contributed by atoms with E-state index in [9.17, 15) is 14.4 Å². The van der Waals surface area contributed by atoms with E-state index < -0.39 is 30.5 Å². The van der Waals surface area contributed by atoms with Crippen LogP contribution in [0.1, 0.15) is 15.9 Å². The second kappa shape index (κ2) is 11.0. The summed E-state index contributed by atoms with van der Waals surface area (Å²) in [5, 5.41) is 4.32. The average Bonchev–Trinajstić information content (AvgIpc) is 2.81. The molecule has 0 aliphatic rings. The molecule has 0 radical (unpaired) electrons. The van der Waals surface area contributed by atoms with Crippen LogP contribution < -0.4 is 10.1 Å². The molecular weight excluding hydrogens is 469 g/mol. The molecule has 9 heteroatoms. The number of halogens is 2. The van der Waals surface area contributed by atoms with Gasteiger partial charge in [0.25, 0.3) is 5.91 Å². The molecule has 0 spiro atoms. The second-order valence-electron chi connectivity index (χ2n) is 7.07. The predicted octanol–water partition coefficient (Wildman–Crippen LogP) is 4.21. The van der Waals surface area contributed by atoms with Gasteiger partial charge in [0.1, 0.15) is 11.8 Å². The Morgan fingerprint density at radius 1 is 0.970 bits per heavy atom. The summed E-state index contributed by atoms with van der Waals surface area (Å²) in [5.41, 5.74) is 1.06. The van der Waals surface area contributed by atoms with Gasteiger partial charge < -0.3 is 19.5 Å². The maximum Gasteiger partial charge on any atom is 0.338 e. The van der Waals surface area contributed by atoms with Gasteiger partial charge in [-0.2, -0.15) is 0 Å². The van der Waals surface area contributed by atoms with E-state index >= 15 is 0 Å². The molecule has 33 heavy (non-hydrogen) atoms. The van der Waals surface area contributed by atoms with Crippen LogP contribution in [0.15, 0.2) is 54.6 Å². The van der Waals surface area contributed by atoms with Crippen LogP contribution in [0.4, 0.5) is 0 Å². The lowest BCUT2D eigenvalue weighted by atomic mass is 10.1. The van der Waals surface area contributed by atoms with Crippen molar-refractivity contribution in [2.75, 3.05) is 20.8 Å². The monoisotopic (exact) mass is 489 g/mol. The first-order valence-corrected chi connectivity index (χ1v) is 10.6. The van der Waals surface area contributed by atoms with Crippen LogP contribution in [0.2, 0.25) is 10.0 Å². The Balaban J connectivity index is 1.81. The van der Waals surface area contributed by atoms with E-state index in [2.05, 4.69) is 5.32 Å². The Morgan fingerprint density at radius 3 is 2.36 bits per heavy atom. The number of methoxy groups -OCH3 is 2. The number of esters is 2. The summed E-state index contributed by atoms with van der Waals surface area (Å²) >= 11 is 12.4. The number of hydrogen-bond donors (Lipinski definition) is 1. The molecule has 0 aliphatic carbocycles. The van der Waals surface area contributed by atoms with Gasteiger partial charge in [-0.15, -0.1) is 0 Å². The van der Waals surface area contributed by atoms with Crippen molar-refractivity contribution < 1.29 is 28.6 Å². The molecule has 0 aliphatic heterocycles. The normalized spacial score (nSPS) is 11.5. The van der Waals surface area contributed by atoms with Crippen molar-refractivity contribution in [1.82, 2.24) is 5.32 Å². The number of ether oxygens (including phenoxy) is 3.